The zero-order valence-electron chi connectivity index (χ0n) is 8.77. The van der Waals surface area contributed by atoms with Crippen LogP contribution in [-0.4, -0.2) is 4.98 Å². The van der Waals surface area contributed by atoms with Crippen molar-refractivity contribution >= 4 is 27.3 Å². The van der Waals surface area contributed by atoms with Gasteiger partial charge in [-0.05, 0) is 57.9 Å². The van der Waals surface area contributed by atoms with Gasteiger partial charge in [-0.2, -0.15) is 0 Å². The van der Waals surface area contributed by atoms with E-state index in [-0.39, 0.29) is 6.04 Å². The maximum absolute atomic E-state index is 6.15. The van der Waals surface area contributed by atoms with Crippen molar-refractivity contribution in [2.75, 3.05) is 0 Å². The van der Waals surface area contributed by atoms with Crippen LogP contribution in [0.2, 0.25) is 0 Å². The highest BCUT2D eigenvalue weighted by Gasteiger charge is 2.11. The van der Waals surface area contributed by atoms with Crippen LogP contribution in [0.4, 0.5) is 0 Å². The van der Waals surface area contributed by atoms with Crippen LogP contribution in [0.5, 0.6) is 0 Å². The molecule has 1 atom stereocenters. The Bertz CT molecular complexity index is 441. The van der Waals surface area contributed by atoms with Crippen LogP contribution in [0.15, 0.2) is 40.4 Å². The van der Waals surface area contributed by atoms with Crippen molar-refractivity contribution in [3.63, 3.8) is 0 Å². The zero-order chi connectivity index (χ0) is 11.4. The van der Waals surface area contributed by atoms with Gasteiger partial charge in [-0.3, -0.25) is 4.98 Å². The number of hydrogen-bond donors (Lipinski definition) is 1. The van der Waals surface area contributed by atoms with Gasteiger partial charge in [0.2, 0.25) is 0 Å². The third-order valence-electron chi connectivity index (χ3n) is 2.47. The molecule has 2 rings (SSSR count). The van der Waals surface area contributed by atoms with E-state index in [4.69, 9.17) is 5.73 Å². The summed E-state index contributed by atoms with van der Waals surface area (Å²) in [4.78, 5) is 5.23. The first-order valence-electron chi connectivity index (χ1n) is 5.15. The minimum Gasteiger partial charge on any atom is -0.323 e. The van der Waals surface area contributed by atoms with Crippen molar-refractivity contribution in [3.05, 3.63) is 50.9 Å². The fourth-order valence-corrected chi connectivity index (χ4v) is 3.28. The molecular formula is C12H13BrN2S. The van der Waals surface area contributed by atoms with E-state index in [9.17, 15) is 0 Å². The highest BCUT2D eigenvalue weighted by molar-refractivity contribution is 9.10. The van der Waals surface area contributed by atoms with Gasteiger partial charge in [-0.25, -0.2) is 0 Å². The standard InChI is InChI=1S/C12H13BrN2S/c13-10-5-8-16-12(10)11(14)2-1-9-3-6-15-7-4-9/h3-8,11H,1-2,14H2. The lowest BCUT2D eigenvalue weighted by molar-refractivity contribution is 0.659. The number of halogens is 1. The molecule has 16 heavy (non-hydrogen) atoms. The summed E-state index contributed by atoms with van der Waals surface area (Å²) in [5.41, 5.74) is 7.44. The number of pyridine rings is 1. The topological polar surface area (TPSA) is 38.9 Å². The highest BCUT2D eigenvalue weighted by Crippen LogP contribution is 2.29. The van der Waals surface area contributed by atoms with Crippen LogP contribution in [0, 0.1) is 0 Å². The van der Waals surface area contributed by atoms with Crippen LogP contribution in [0.25, 0.3) is 0 Å². The molecule has 2 N–H and O–H groups in total. The van der Waals surface area contributed by atoms with E-state index < -0.39 is 0 Å². The Morgan fingerprint density at radius 3 is 2.69 bits per heavy atom. The summed E-state index contributed by atoms with van der Waals surface area (Å²) in [6.45, 7) is 0. The third-order valence-corrected chi connectivity index (χ3v) is 4.48. The minimum absolute atomic E-state index is 0.113. The Kier molecular flexibility index (Phi) is 4.09. The normalized spacial score (nSPS) is 12.6. The fraction of sp³-hybridized carbons (Fsp3) is 0.250. The van der Waals surface area contributed by atoms with Gasteiger partial charge < -0.3 is 5.73 Å². The SMILES string of the molecule is NC(CCc1ccncc1)c1sccc1Br. The second-order valence-electron chi connectivity index (χ2n) is 3.63. The molecule has 0 amide bonds. The van der Waals surface area contributed by atoms with Gasteiger partial charge in [0.25, 0.3) is 0 Å². The van der Waals surface area contributed by atoms with Gasteiger partial charge in [0, 0.05) is 27.8 Å². The van der Waals surface area contributed by atoms with Crippen molar-refractivity contribution in [2.24, 2.45) is 5.73 Å². The number of rotatable bonds is 4. The molecule has 2 nitrogen and oxygen atoms in total. The largest absolute Gasteiger partial charge is 0.323 e. The van der Waals surface area contributed by atoms with Crippen molar-refractivity contribution in [1.82, 2.24) is 4.98 Å². The molecule has 2 aromatic heterocycles. The number of hydrogen-bond acceptors (Lipinski definition) is 3. The summed E-state index contributed by atoms with van der Waals surface area (Å²) in [5, 5.41) is 2.06. The second-order valence-corrected chi connectivity index (χ2v) is 5.44. The van der Waals surface area contributed by atoms with E-state index in [0.717, 1.165) is 17.3 Å². The Balaban J connectivity index is 1.94. The molecule has 2 aromatic rings. The van der Waals surface area contributed by atoms with Gasteiger partial charge >= 0.3 is 0 Å². The van der Waals surface area contributed by atoms with Crippen molar-refractivity contribution in [3.8, 4) is 0 Å². The Labute approximate surface area is 108 Å². The first kappa shape index (κ1) is 11.8. The zero-order valence-corrected chi connectivity index (χ0v) is 11.2. The predicted molar refractivity (Wildman–Crippen MR) is 71.5 cm³/mol. The second kappa shape index (κ2) is 5.57. The summed E-state index contributed by atoms with van der Waals surface area (Å²) in [6.07, 6.45) is 5.60. The van der Waals surface area contributed by atoms with Crippen LogP contribution in [0.3, 0.4) is 0 Å². The van der Waals surface area contributed by atoms with Crippen LogP contribution in [-0.2, 0) is 6.42 Å². The van der Waals surface area contributed by atoms with Gasteiger partial charge in [0.15, 0.2) is 0 Å². The Morgan fingerprint density at radius 2 is 2.06 bits per heavy atom. The molecule has 2 heterocycles. The number of aryl methyl sites for hydroxylation is 1. The number of thiophene rings is 1. The molecule has 1 unspecified atom stereocenters. The minimum atomic E-state index is 0.113. The molecule has 4 heteroatoms. The first-order valence-corrected chi connectivity index (χ1v) is 6.82. The summed E-state index contributed by atoms with van der Waals surface area (Å²) in [5.74, 6) is 0. The summed E-state index contributed by atoms with van der Waals surface area (Å²) in [7, 11) is 0. The molecule has 0 aromatic carbocycles. The molecular weight excluding hydrogens is 284 g/mol. The molecule has 0 fully saturated rings. The summed E-state index contributed by atoms with van der Waals surface area (Å²) in [6, 6.07) is 6.24. The average molecular weight is 297 g/mol. The fourth-order valence-electron chi connectivity index (χ4n) is 1.57. The molecule has 0 aliphatic carbocycles. The molecule has 0 saturated carbocycles. The van der Waals surface area contributed by atoms with Gasteiger partial charge in [0.1, 0.15) is 0 Å². The Morgan fingerprint density at radius 1 is 1.31 bits per heavy atom. The van der Waals surface area contributed by atoms with E-state index in [0.29, 0.717) is 0 Å². The number of nitrogens with zero attached hydrogens (tertiary/aromatic N) is 1. The van der Waals surface area contributed by atoms with Crippen molar-refractivity contribution < 1.29 is 0 Å². The highest BCUT2D eigenvalue weighted by atomic mass is 79.9. The molecule has 0 spiro atoms. The molecule has 0 bridgehead atoms. The van der Waals surface area contributed by atoms with E-state index in [1.807, 2.05) is 30.6 Å². The predicted octanol–water partition coefficient (Wildman–Crippen LogP) is 3.54. The first-order chi connectivity index (χ1) is 7.77. The molecule has 84 valence electrons. The van der Waals surface area contributed by atoms with E-state index in [1.54, 1.807) is 11.3 Å². The van der Waals surface area contributed by atoms with Crippen LogP contribution < -0.4 is 5.73 Å². The van der Waals surface area contributed by atoms with E-state index in [2.05, 4.69) is 26.3 Å². The van der Waals surface area contributed by atoms with Gasteiger partial charge in [-0.15, -0.1) is 11.3 Å². The summed E-state index contributed by atoms with van der Waals surface area (Å²) >= 11 is 5.22. The Hall–Kier alpha value is -0.710. The lowest BCUT2D eigenvalue weighted by atomic mass is 10.1. The van der Waals surface area contributed by atoms with Crippen LogP contribution in [0.1, 0.15) is 22.9 Å². The van der Waals surface area contributed by atoms with E-state index in [1.165, 1.54) is 10.4 Å². The molecule has 0 radical (unpaired) electrons. The molecule has 0 saturated heterocycles. The average Bonchev–Trinajstić information content (AvgIpc) is 2.74. The maximum Gasteiger partial charge on any atom is 0.0404 e. The lowest BCUT2D eigenvalue weighted by Gasteiger charge is -2.10. The maximum atomic E-state index is 6.15. The smallest absolute Gasteiger partial charge is 0.0404 e. The summed E-state index contributed by atoms with van der Waals surface area (Å²) < 4.78 is 1.12. The number of nitrogens with two attached hydrogens (primary N) is 1. The van der Waals surface area contributed by atoms with Crippen LogP contribution >= 0.6 is 27.3 Å². The third kappa shape index (κ3) is 2.90. The molecule has 0 aliphatic rings. The van der Waals surface area contributed by atoms with Gasteiger partial charge in [0.05, 0.1) is 0 Å². The molecule has 0 aliphatic heterocycles. The quantitative estimate of drug-likeness (QED) is 0.937. The van der Waals surface area contributed by atoms with E-state index >= 15 is 0 Å². The number of aromatic nitrogens is 1. The van der Waals surface area contributed by atoms with Crippen molar-refractivity contribution in [2.45, 2.75) is 18.9 Å². The lowest BCUT2D eigenvalue weighted by Crippen LogP contribution is -2.10. The van der Waals surface area contributed by atoms with Gasteiger partial charge in [-0.1, -0.05) is 0 Å². The van der Waals surface area contributed by atoms with Crippen molar-refractivity contribution in [1.29, 1.82) is 0 Å². The monoisotopic (exact) mass is 296 g/mol.